The molecule has 61 heavy (non-hydrogen) atoms. The minimum atomic E-state index is -0.679. The van der Waals surface area contributed by atoms with Gasteiger partial charge in [0.1, 0.15) is 24.4 Å². The molecule has 2 aromatic heterocycles. The minimum absolute atomic E-state index is 0.00230. The first kappa shape index (κ1) is 44.6. The lowest BCUT2D eigenvalue weighted by Crippen LogP contribution is -2.59. The molecule has 6 aliphatic rings. The van der Waals surface area contributed by atoms with Crippen LogP contribution in [0.15, 0.2) is 30.0 Å². The van der Waals surface area contributed by atoms with Crippen molar-refractivity contribution in [2.24, 2.45) is 23.7 Å². The second-order valence-electron chi connectivity index (χ2n) is 18.7. The number of rotatable bonds is 10. The maximum Gasteiger partial charge on any atom is 0.306 e. The van der Waals surface area contributed by atoms with Crippen LogP contribution < -0.4 is 4.74 Å². The molecule has 0 amide bonds. The maximum atomic E-state index is 15.2. The number of Topliss-reactive ketones (excluding diaryl/α,β-unsaturated/α-hetero) is 1. The van der Waals surface area contributed by atoms with Crippen LogP contribution >= 0.6 is 0 Å². The van der Waals surface area contributed by atoms with Crippen LogP contribution in [0.1, 0.15) is 109 Å². The van der Waals surface area contributed by atoms with Crippen LogP contribution in [-0.4, -0.2) is 136 Å². The summed E-state index contributed by atoms with van der Waals surface area (Å²) in [5.41, 5.74) is 3.40. The summed E-state index contributed by atoms with van der Waals surface area (Å²) in [5, 5.41) is 0. The van der Waals surface area contributed by atoms with Gasteiger partial charge >= 0.3 is 5.97 Å². The van der Waals surface area contributed by atoms with Gasteiger partial charge in [-0.1, -0.05) is 19.9 Å². The van der Waals surface area contributed by atoms with E-state index in [1.807, 2.05) is 32.2 Å². The maximum absolute atomic E-state index is 15.2. The van der Waals surface area contributed by atoms with Crippen molar-refractivity contribution in [1.29, 1.82) is 0 Å². The largest absolute Gasteiger partial charge is 0.493 e. The first-order valence-corrected chi connectivity index (χ1v) is 22.8. The molecule has 17 atom stereocenters. The number of allylic oxidation sites excluding steroid dienone is 2. The number of ketones is 1. The first-order chi connectivity index (χ1) is 29.4. The van der Waals surface area contributed by atoms with E-state index < -0.39 is 30.5 Å². The third kappa shape index (κ3) is 8.33. The molecular weight excluding hydrogens is 783 g/mol. The molecule has 3 aliphatic heterocycles. The van der Waals surface area contributed by atoms with Crippen molar-refractivity contribution < 1.29 is 52.2 Å². The third-order valence-corrected chi connectivity index (χ3v) is 15.1. The smallest absolute Gasteiger partial charge is 0.306 e. The van der Waals surface area contributed by atoms with Gasteiger partial charge in [0.05, 0.1) is 43.6 Å². The van der Waals surface area contributed by atoms with E-state index in [4.69, 9.17) is 47.6 Å². The van der Waals surface area contributed by atoms with Crippen LogP contribution in [0, 0.1) is 23.7 Å². The highest BCUT2D eigenvalue weighted by molar-refractivity contribution is 5.99. The van der Waals surface area contributed by atoms with Crippen molar-refractivity contribution in [1.82, 2.24) is 14.3 Å². The van der Waals surface area contributed by atoms with Crippen LogP contribution in [0.2, 0.25) is 0 Å². The molecule has 2 aromatic rings. The summed E-state index contributed by atoms with van der Waals surface area (Å²) >= 11 is 0. The van der Waals surface area contributed by atoms with Crippen LogP contribution in [0.25, 0.3) is 5.65 Å². The Morgan fingerprint density at radius 2 is 1.66 bits per heavy atom. The van der Waals surface area contributed by atoms with E-state index in [0.717, 1.165) is 42.7 Å². The number of pyridine rings is 1. The number of fused-ring (bicyclic) bond motifs is 10. The molecule has 1 saturated carbocycles. The van der Waals surface area contributed by atoms with Gasteiger partial charge in [0.2, 0.25) is 0 Å². The number of methoxy groups -OCH3 is 4. The zero-order chi connectivity index (χ0) is 43.3. The Bertz CT molecular complexity index is 1900. The van der Waals surface area contributed by atoms with Crippen LogP contribution in [0.5, 0.6) is 5.75 Å². The average molecular weight is 852 g/mol. The zero-order valence-corrected chi connectivity index (χ0v) is 37.8. The topological polar surface area (TPSA) is 138 Å². The number of aromatic nitrogens is 2. The van der Waals surface area contributed by atoms with Gasteiger partial charge in [-0.25, -0.2) is 4.98 Å². The van der Waals surface area contributed by atoms with Gasteiger partial charge in [-0.05, 0) is 109 Å². The highest BCUT2D eigenvalue weighted by Crippen LogP contribution is 2.61. The lowest BCUT2D eigenvalue weighted by atomic mass is 9.66. The van der Waals surface area contributed by atoms with Crippen molar-refractivity contribution >= 4 is 17.4 Å². The molecule has 5 heterocycles. The standard InChI is InChI=1S/C47H69N3O11/c1-11-27-14-12-15-35(61-38-18-17-34(49(5)6)25(3)57-38)24(2)42(52)33-22-30-29-20-28(60-47-45(56-10)44(55-9)43(54-8)26(4)58-47)21-32(29)41-40(39(30)31(33)23-37(51)59-27)48-46-36(53-7)16-13-19-50(41)46/h13,16,19,22,24-32,34-35,38-39,43-45,47H,11-12,14-15,17-18,20-21,23H2,1-10H3/t24-,25-,26+,27+,28+,29+,30+,31-,32-,34+,35+,38+,39-,43+,44-,45-,47+/m1/s1. The molecule has 3 aliphatic carbocycles. The van der Waals surface area contributed by atoms with E-state index in [1.54, 1.807) is 28.4 Å². The van der Waals surface area contributed by atoms with E-state index in [2.05, 4.69) is 43.3 Å². The van der Waals surface area contributed by atoms with Crippen molar-refractivity contribution in [3.05, 3.63) is 41.4 Å². The molecule has 3 saturated heterocycles. The second kappa shape index (κ2) is 18.6. The van der Waals surface area contributed by atoms with Crippen LogP contribution in [0.3, 0.4) is 0 Å². The lowest BCUT2D eigenvalue weighted by Gasteiger charge is -2.44. The van der Waals surface area contributed by atoms with E-state index in [-0.39, 0.29) is 84.6 Å². The monoisotopic (exact) mass is 851 g/mol. The Balaban J connectivity index is 1.15. The van der Waals surface area contributed by atoms with Crippen LogP contribution in [0.4, 0.5) is 0 Å². The number of hydrogen-bond donors (Lipinski definition) is 0. The molecule has 8 rings (SSSR count). The highest BCUT2D eigenvalue weighted by atomic mass is 16.7. The number of hydrogen-bond acceptors (Lipinski definition) is 13. The van der Waals surface area contributed by atoms with Gasteiger partial charge in [-0.2, -0.15) is 0 Å². The molecule has 0 radical (unpaired) electrons. The highest BCUT2D eigenvalue weighted by Gasteiger charge is 2.57. The Labute approximate surface area is 361 Å². The minimum Gasteiger partial charge on any atom is -0.493 e. The van der Waals surface area contributed by atoms with E-state index >= 15 is 4.79 Å². The Morgan fingerprint density at radius 1 is 0.885 bits per heavy atom. The van der Waals surface area contributed by atoms with Crippen molar-refractivity contribution in [3.8, 4) is 5.75 Å². The number of ether oxygens (including phenoxy) is 9. The first-order valence-electron chi connectivity index (χ1n) is 22.8. The number of esters is 1. The van der Waals surface area contributed by atoms with Gasteiger partial charge < -0.3 is 51.9 Å². The van der Waals surface area contributed by atoms with Gasteiger partial charge in [0.15, 0.2) is 29.8 Å². The molecule has 0 N–H and O–H groups in total. The third-order valence-electron chi connectivity index (χ3n) is 15.1. The fourth-order valence-electron chi connectivity index (χ4n) is 12.1. The summed E-state index contributed by atoms with van der Waals surface area (Å²) in [7, 11) is 10.8. The van der Waals surface area contributed by atoms with Gasteiger partial charge in [0.25, 0.3) is 0 Å². The molecule has 14 nitrogen and oxygen atoms in total. The predicted molar refractivity (Wildman–Crippen MR) is 225 cm³/mol. The number of imidazole rings is 1. The number of nitrogens with zero attached hydrogens (tertiary/aromatic N) is 3. The molecule has 14 heteroatoms. The molecule has 4 fully saturated rings. The fourth-order valence-corrected chi connectivity index (χ4v) is 12.1. The summed E-state index contributed by atoms with van der Waals surface area (Å²) < 4.78 is 58.6. The van der Waals surface area contributed by atoms with Crippen molar-refractivity contribution in [3.63, 3.8) is 0 Å². The summed E-state index contributed by atoms with van der Waals surface area (Å²) in [4.78, 5) is 36.8. The van der Waals surface area contributed by atoms with Crippen molar-refractivity contribution in [2.45, 2.75) is 165 Å². The van der Waals surface area contributed by atoms with E-state index in [9.17, 15) is 4.79 Å². The zero-order valence-electron chi connectivity index (χ0n) is 37.8. The molecular formula is C47H69N3O11. The van der Waals surface area contributed by atoms with Gasteiger partial charge in [-0.3, -0.25) is 9.59 Å². The molecule has 0 aromatic carbocycles. The summed E-state index contributed by atoms with van der Waals surface area (Å²) in [5.74, 6) is -0.633. The SMILES string of the molecule is CC[C@H]1CCC[C@H](O[C@H]2CC[C@H](N(C)C)[C@@H](C)O2)[C@@H](C)C(=O)C2=C[C@H]3[C@@H]4C[C@H](O[C@@H]5O[C@@H](C)[C@H](OC)[C@@H](OC)[C@H]5OC)C[C@H]4c4c(nc5c(OC)cccn45)[C@H]3[C@@H]2CC(=O)O1. The normalized spacial score (nSPS) is 40.6. The Morgan fingerprint density at radius 3 is 2.34 bits per heavy atom. The number of carbonyl (C=O) groups excluding carboxylic acids is 2. The summed E-state index contributed by atoms with van der Waals surface area (Å²) in [6.07, 6.45) is 7.01. The van der Waals surface area contributed by atoms with Gasteiger partial charge in [-0.15, -0.1) is 0 Å². The number of carbonyl (C=O) groups is 2. The fraction of sp³-hybridized carbons (Fsp3) is 0.766. The molecule has 0 spiro atoms. The predicted octanol–water partition coefficient (Wildman–Crippen LogP) is 6.22. The summed E-state index contributed by atoms with van der Waals surface area (Å²) in [6.45, 7) is 8.14. The molecule has 0 bridgehead atoms. The van der Waals surface area contributed by atoms with Gasteiger partial charge in [0, 0.05) is 62.9 Å². The average Bonchev–Trinajstić information content (AvgIpc) is 3.95. The quantitative estimate of drug-likeness (QED) is 0.251. The van der Waals surface area contributed by atoms with Crippen LogP contribution in [-0.2, 0) is 47.5 Å². The van der Waals surface area contributed by atoms with E-state index in [0.29, 0.717) is 43.0 Å². The molecule has 338 valence electrons. The van der Waals surface area contributed by atoms with Crippen molar-refractivity contribution in [2.75, 3.05) is 42.5 Å². The lowest BCUT2D eigenvalue weighted by molar-refractivity contribution is -0.314. The second-order valence-corrected chi connectivity index (χ2v) is 18.7. The van der Waals surface area contributed by atoms with E-state index in [1.165, 1.54) is 0 Å². The Hall–Kier alpha value is -2.95. The number of likely N-dealkylation sites (N-methyl/N-ethyl adjacent to an activating group) is 1. The number of cyclic esters (lactones) is 1. The summed E-state index contributed by atoms with van der Waals surface area (Å²) in [6, 6.07) is 4.21. The Kier molecular flexibility index (Phi) is 13.6. The molecule has 0 unspecified atom stereocenters.